The van der Waals surface area contributed by atoms with Gasteiger partial charge in [0, 0.05) is 38.4 Å². The number of rotatable bonds is 5. The van der Waals surface area contributed by atoms with Gasteiger partial charge in [0.1, 0.15) is 5.82 Å². The Hall–Kier alpha value is -2.24. The van der Waals surface area contributed by atoms with E-state index in [2.05, 4.69) is 46.3 Å². The molecule has 1 fully saturated rings. The van der Waals surface area contributed by atoms with Gasteiger partial charge >= 0.3 is 0 Å². The summed E-state index contributed by atoms with van der Waals surface area (Å²) in [6.07, 6.45) is 0. The maximum absolute atomic E-state index is 12.9. The van der Waals surface area contributed by atoms with E-state index in [1.54, 1.807) is 12.1 Å². The first-order valence-electron chi connectivity index (χ1n) is 8.65. The summed E-state index contributed by atoms with van der Waals surface area (Å²) in [5.74, 6) is -0.360. The predicted octanol–water partition coefficient (Wildman–Crippen LogP) is 2.89. The van der Waals surface area contributed by atoms with Crippen molar-refractivity contribution in [3.05, 3.63) is 65.5 Å². The number of benzene rings is 2. The number of amides is 1. The zero-order valence-corrected chi connectivity index (χ0v) is 14.5. The molecule has 1 amide bonds. The zero-order valence-electron chi connectivity index (χ0n) is 14.5. The highest BCUT2D eigenvalue weighted by Gasteiger charge is 2.19. The van der Waals surface area contributed by atoms with Crippen LogP contribution < -0.4 is 5.32 Å². The van der Waals surface area contributed by atoms with Gasteiger partial charge in [-0.05, 0) is 42.3 Å². The molecule has 1 N–H and O–H groups in total. The number of hydrogen-bond acceptors (Lipinski definition) is 3. The molecule has 4 nitrogen and oxygen atoms in total. The number of nitrogens with one attached hydrogen (secondary N) is 1. The first-order valence-corrected chi connectivity index (χ1v) is 8.65. The quantitative estimate of drug-likeness (QED) is 0.908. The van der Waals surface area contributed by atoms with Crippen molar-refractivity contribution in [2.24, 2.45) is 0 Å². The maximum Gasteiger partial charge on any atom is 0.238 e. The Morgan fingerprint density at radius 3 is 2.32 bits per heavy atom. The minimum absolute atomic E-state index is 0.0565. The summed E-state index contributed by atoms with van der Waals surface area (Å²) in [7, 11) is 0. The average Bonchev–Trinajstić information content (AvgIpc) is 2.61. The highest BCUT2D eigenvalue weighted by Crippen LogP contribution is 2.13. The van der Waals surface area contributed by atoms with E-state index in [1.165, 1.54) is 23.3 Å². The molecular weight excluding hydrogens is 317 g/mol. The SMILES string of the molecule is Cc1ccccc1CN1CCN(CC(=O)Nc2ccc(F)cc2)CC1. The van der Waals surface area contributed by atoms with E-state index in [-0.39, 0.29) is 11.7 Å². The number of hydrogen-bond donors (Lipinski definition) is 1. The molecule has 0 bridgehead atoms. The Morgan fingerprint density at radius 1 is 1.00 bits per heavy atom. The van der Waals surface area contributed by atoms with Crippen molar-refractivity contribution in [1.29, 1.82) is 0 Å². The fourth-order valence-corrected chi connectivity index (χ4v) is 3.07. The number of carbonyl (C=O) groups is 1. The van der Waals surface area contributed by atoms with Gasteiger partial charge in [0.25, 0.3) is 0 Å². The van der Waals surface area contributed by atoms with Gasteiger partial charge in [-0.25, -0.2) is 4.39 Å². The van der Waals surface area contributed by atoms with Gasteiger partial charge < -0.3 is 5.32 Å². The fraction of sp³-hybridized carbons (Fsp3) is 0.350. The number of nitrogens with zero attached hydrogens (tertiary/aromatic N) is 2. The lowest BCUT2D eigenvalue weighted by Crippen LogP contribution is -2.48. The van der Waals surface area contributed by atoms with E-state index in [0.29, 0.717) is 12.2 Å². The molecule has 0 aliphatic carbocycles. The molecule has 5 heteroatoms. The molecule has 2 aromatic rings. The zero-order chi connectivity index (χ0) is 17.6. The van der Waals surface area contributed by atoms with Crippen LogP contribution in [-0.2, 0) is 11.3 Å². The molecule has 0 saturated carbocycles. The molecule has 1 aliphatic heterocycles. The van der Waals surface area contributed by atoms with Gasteiger partial charge in [0.15, 0.2) is 0 Å². The van der Waals surface area contributed by atoms with E-state index >= 15 is 0 Å². The number of piperazine rings is 1. The van der Waals surface area contributed by atoms with Gasteiger partial charge in [0.2, 0.25) is 5.91 Å². The van der Waals surface area contributed by atoms with Crippen LogP contribution in [0.1, 0.15) is 11.1 Å². The second-order valence-corrected chi connectivity index (χ2v) is 6.53. The molecule has 1 aliphatic rings. The van der Waals surface area contributed by atoms with Crippen molar-refractivity contribution < 1.29 is 9.18 Å². The van der Waals surface area contributed by atoms with Crippen LogP contribution in [0.25, 0.3) is 0 Å². The third-order valence-corrected chi connectivity index (χ3v) is 4.62. The van der Waals surface area contributed by atoms with Crippen LogP contribution >= 0.6 is 0 Å². The van der Waals surface area contributed by atoms with Crippen molar-refractivity contribution in [3.8, 4) is 0 Å². The van der Waals surface area contributed by atoms with E-state index in [0.717, 1.165) is 32.7 Å². The van der Waals surface area contributed by atoms with E-state index in [4.69, 9.17) is 0 Å². The number of aryl methyl sites for hydroxylation is 1. The summed E-state index contributed by atoms with van der Waals surface area (Å²) >= 11 is 0. The molecule has 3 rings (SSSR count). The molecule has 0 unspecified atom stereocenters. The van der Waals surface area contributed by atoms with Gasteiger partial charge in [-0.3, -0.25) is 14.6 Å². The Balaban J connectivity index is 1.43. The summed E-state index contributed by atoms with van der Waals surface area (Å²) in [6, 6.07) is 14.3. The second-order valence-electron chi connectivity index (χ2n) is 6.53. The summed E-state index contributed by atoms with van der Waals surface area (Å²) in [6.45, 7) is 7.14. The monoisotopic (exact) mass is 341 g/mol. The standard InChI is InChI=1S/C20H24FN3O/c1-16-4-2-3-5-17(16)14-23-10-12-24(13-11-23)15-20(25)22-19-8-6-18(21)7-9-19/h2-9H,10-15H2,1H3,(H,22,25). The summed E-state index contributed by atoms with van der Waals surface area (Å²) in [5.41, 5.74) is 3.32. The first-order chi connectivity index (χ1) is 12.1. The van der Waals surface area contributed by atoms with Gasteiger partial charge in [-0.2, -0.15) is 0 Å². The minimum atomic E-state index is -0.303. The number of anilines is 1. The van der Waals surface area contributed by atoms with Gasteiger partial charge in [-0.15, -0.1) is 0 Å². The topological polar surface area (TPSA) is 35.6 Å². The van der Waals surface area contributed by atoms with Crippen LogP contribution in [0.4, 0.5) is 10.1 Å². The lowest BCUT2D eigenvalue weighted by molar-refractivity contribution is -0.117. The Morgan fingerprint density at radius 2 is 1.64 bits per heavy atom. The van der Waals surface area contributed by atoms with Crippen molar-refractivity contribution >= 4 is 11.6 Å². The van der Waals surface area contributed by atoms with Crippen LogP contribution in [0.15, 0.2) is 48.5 Å². The van der Waals surface area contributed by atoms with E-state index < -0.39 is 0 Å². The molecule has 0 atom stereocenters. The average molecular weight is 341 g/mol. The van der Waals surface area contributed by atoms with Crippen LogP contribution in [0.3, 0.4) is 0 Å². The highest BCUT2D eigenvalue weighted by molar-refractivity contribution is 5.92. The van der Waals surface area contributed by atoms with Crippen LogP contribution in [-0.4, -0.2) is 48.4 Å². The van der Waals surface area contributed by atoms with Crippen molar-refractivity contribution in [2.45, 2.75) is 13.5 Å². The molecular formula is C20H24FN3O. The lowest BCUT2D eigenvalue weighted by Gasteiger charge is -2.34. The van der Waals surface area contributed by atoms with E-state index in [9.17, 15) is 9.18 Å². The van der Waals surface area contributed by atoms with Crippen LogP contribution in [0, 0.1) is 12.7 Å². The number of halogens is 1. The molecule has 1 heterocycles. The summed E-state index contributed by atoms with van der Waals surface area (Å²) < 4.78 is 12.9. The molecule has 0 spiro atoms. The number of carbonyl (C=O) groups excluding carboxylic acids is 1. The maximum atomic E-state index is 12.9. The summed E-state index contributed by atoms with van der Waals surface area (Å²) in [4.78, 5) is 16.7. The van der Waals surface area contributed by atoms with Gasteiger partial charge in [0.05, 0.1) is 6.54 Å². The molecule has 132 valence electrons. The minimum Gasteiger partial charge on any atom is -0.325 e. The Kier molecular flexibility index (Phi) is 5.79. The Bertz CT molecular complexity index is 709. The smallest absolute Gasteiger partial charge is 0.238 e. The van der Waals surface area contributed by atoms with E-state index in [1.807, 2.05) is 0 Å². The predicted molar refractivity (Wildman–Crippen MR) is 97.9 cm³/mol. The largest absolute Gasteiger partial charge is 0.325 e. The van der Waals surface area contributed by atoms with Crippen LogP contribution in [0.5, 0.6) is 0 Å². The molecule has 1 saturated heterocycles. The van der Waals surface area contributed by atoms with Crippen molar-refractivity contribution in [1.82, 2.24) is 9.80 Å². The Labute approximate surface area is 148 Å². The first kappa shape index (κ1) is 17.6. The molecule has 0 aromatic heterocycles. The fourth-order valence-electron chi connectivity index (χ4n) is 3.07. The lowest BCUT2D eigenvalue weighted by atomic mass is 10.1. The van der Waals surface area contributed by atoms with Gasteiger partial charge in [-0.1, -0.05) is 24.3 Å². The third kappa shape index (κ3) is 5.11. The van der Waals surface area contributed by atoms with Crippen molar-refractivity contribution in [2.75, 3.05) is 38.0 Å². The molecule has 2 aromatic carbocycles. The molecule has 0 radical (unpaired) electrons. The normalized spacial score (nSPS) is 15.9. The third-order valence-electron chi connectivity index (χ3n) is 4.62. The second kappa shape index (κ2) is 8.23. The van der Waals surface area contributed by atoms with Crippen molar-refractivity contribution in [3.63, 3.8) is 0 Å². The summed E-state index contributed by atoms with van der Waals surface area (Å²) in [5, 5.41) is 2.81. The highest BCUT2D eigenvalue weighted by atomic mass is 19.1. The molecule has 25 heavy (non-hydrogen) atoms. The van der Waals surface area contributed by atoms with Crippen LogP contribution in [0.2, 0.25) is 0 Å².